The zero-order chi connectivity index (χ0) is 15.7. The molecule has 2 aliphatic carbocycles. The first-order valence-corrected chi connectivity index (χ1v) is 7.29. The molecule has 0 unspecified atom stereocenters. The molecule has 0 aromatic rings. The van der Waals surface area contributed by atoms with Gasteiger partial charge in [-0.05, 0) is 44.9 Å². The molecule has 4 atom stereocenters. The van der Waals surface area contributed by atoms with Crippen LogP contribution in [0.1, 0.15) is 48.5 Å². The first-order valence-electron chi connectivity index (χ1n) is 7.29. The maximum Gasteiger partial charge on any atom is 0.317 e. The number of fused-ring (bicyclic) bond motifs is 1. The quantitative estimate of drug-likeness (QED) is 0.545. The molecule has 112 valence electrons. The fourth-order valence-electron chi connectivity index (χ4n) is 3.73. The van der Waals surface area contributed by atoms with E-state index in [1.807, 2.05) is 27.7 Å². The third-order valence-corrected chi connectivity index (χ3v) is 4.74. The van der Waals surface area contributed by atoms with Crippen LogP contribution in [0.25, 0.3) is 0 Å². The van der Waals surface area contributed by atoms with Crippen molar-refractivity contribution in [2.75, 3.05) is 0 Å². The van der Waals surface area contributed by atoms with E-state index < -0.39 is 11.0 Å². The molecule has 0 N–H and O–H groups in total. The third kappa shape index (κ3) is 2.02. The summed E-state index contributed by atoms with van der Waals surface area (Å²) in [5.41, 5.74) is -0.947. The van der Waals surface area contributed by atoms with Crippen LogP contribution < -0.4 is 0 Å². The molecule has 0 saturated heterocycles. The Labute approximate surface area is 121 Å². The number of rotatable bonds is 1. The second-order valence-electron chi connectivity index (χ2n) is 8.49. The van der Waals surface area contributed by atoms with Gasteiger partial charge in [0, 0.05) is 11.5 Å². The highest BCUT2D eigenvalue weighted by Crippen LogP contribution is 2.71. The molecule has 0 aliphatic heterocycles. The van der Waals surface area contributed by atoms with Crippen LogP contribution >= 0.6 is 0 Å². The van der Waals surface area contributed by atoms with Crippen molar-refractivity contribution >= 4 is 11.8 Å². The summed E-state index contributed by atoms with van der Waals surface area (Å²) in [7, 11) is 0. The molecule has 0 aromatic heterocycles. The number of ketones is 1. The molecule has 3 nitrogen and oxygen atoms in total. The minimum Gasteiger partial charge on any atom is -0.459 e. The van der Waals surface area contributed by atoms with Gasteiger partial charge in [0.15, 0.2) is 5.78 Å². The van der Waals surface area contributed by atoms with Crippen molar-refractivity contribution in [2.45, 2.75) is 54.1 Å². The van der Waals surface area contributed by atoms with Gasteiger partial charge in [-0.1, -0.05) is 27.4 Å². The standard InChI is InChI=1S/C17H26O3/c1-9-13(18)10-11(15(2,3)4)12(10)17(9,8)14(19)20-16(5,6)7/h10-12H,1H2,2-8H3/t10-,11-,12-,17+/m0/s1. The Morgan fingerprint density at radius 3 is 2.10 bits per heavy atom. The van der Waals surface area contributed by atoms with Gasteiger partial charge in [-0.25, -0.2) is 0 Å². The molecule has 2 saturated carbocycles. The van der Waals surface area contributed by atoms with Crippen molar-refractivity contribution in [3.05, 3.63) is 12.2 Å². The van der Waals surface area contributed by atoms with E-state index in [1.165, 1.54) is 0 Å². The molecule has 0 heterocycles. The first-order chi connectivity index (χ1) is 8.82. The van der Waals surface area contributed by atoms with E-state index in [1.54, 1.807) is 0 Å². The Balaban J connectivity index is 2.33. The summed E-state index contributed by atoms with van der Waals surface area (Å²) in [4.78, 5) is 25.0. The Hall–Kier alpha value is -1.12. The molecule has 2 fully saturated rings. The summed E-state index contributed by atoms with van der Waals surface area (Å²) in [5.74, 6) is 0.0151. The Morgan fingerprint density at radius 2 is 1.70 bits per heavy atom. The van der Waals surface area contributed by atoms with Gasteiger partial charge in [0.2, 0.25) is 0 Å². The van der Waals surface area contributed by atoms with Crippen molar-refractivity contribution in [2.24, 2.45) is 28.6 Å². The summed E-state index contributed by atoms with van der Waals surface area (Å²) in [6, 6.07) is 0. The Kier molecular flexibility index (Phi) is 3.02. The Bertz CT molecular complexity index is 489. The van der Waals surface area contributed by atoms with Gasteiger partial charge in [0.25, 0.3) is 0 Å². The molecule has 0 aromatic carbocycles. The highest BCUT2D eigenvalue weighted by molar-refractivity contribution is 6.10. The summed E-state index contributed by atoms with van der Waals surface area (Å²) in [5, 5.41) is 0. The van der Waals surface area contributed by atoms with Crippen LogP contribution in [0.5, 0.6) is 0 Å². The smallest absolute Gasteiger partial charge is 0.317 e. The van der Waals surface area contributed by atoms with Crippen molar-refractivity contribution in [1.82, 2.24) is 0 Å². The third-order valence-electron chi connectivity index (χ3n) is 4.74. The topological polar surface area (TPSA) is 43.4 Å². The van der Waals surface area contributed by atoms with Crippen LogP contribution in [0.2, 0.25) is 0 Å². The fraction of sp³-hybridized carbons (Fsp3) is 0.765. The van der Waals surface area contributed by atoms with Gasteiger partial charge in [-0.15, -0.1) is 0 Å². The van der Waals surface area contributed by atoms with E-state index in [4.69, 9.17) is 4.74 Å². The SMILES string of the molecule is C=C1C(=O)[C@H]2[C@H](C(C)(C)C)[C@H]2[C@]1(C)C(=O)OC(C)(C)C. The van der Waals surface area contributed by atoms with E-state index in [0.29, 0.717) is 5.57 Å². The van der Waals surface area contributed by atoms with E-state index >= 15 is 0 Å². The number of carbonyl (C=O) groups excluding carboxylic acids is 2. The Morgan fingerprint density at radius 1 is 1.20 bits per heavy atom. The molecular formula is C17H26O3. The van der Waals surface area contributed by atoms with Crippen molar-refractivity contribution < 1.29 is 14.3 Å². The van der Waals surface area contributed by atoms with Gasteiger partial charge >= 0.3 is 5.97 Å². The molecule has 0 amide bonds. The molecule has 3 heteroatoms. The van der Waals surface area contributed by atoms with Gasteiger partial charge in [0.05, 0.1) is 5.41 Å². The molecular weight excluding hydrogens is 252 g/mol. The number of esters is 1. The van der Waals surface area contributed by atoms with Crippen LogP contribution in [0.4, 0.5) is 0 Å². The second-order valence-corrected chi connectivity index (χ2v) is 8.49. The van der Waals surface area contributed by atoms with E-state index in [9.17, 15) is 9.59 Å². The van der Waals surface area contributed by atoms with E-state index in [-0.39, 0.29) is 34.9 Å². The summed E-state index contributed by atoms with van der Waals surface area (Å²) < 4.78 is 5.55. The predicted octanol–water partition coefficient (Wildman–Crippen LogP) is 3.38. The summed E-state index contributed by atoms with van der Waals surface area (Å²) >= 11 is 0. The minimum absolute atomic E-state index is 0.0228. The lowest BCUT2D eigenvalue weighted by atomic mass is 9.74. The molecule has 0 spiro atoms. The van der Waals surface area contributed by atoms with Crippen LogP contribution in [0.3, 0.4) is 0 Å². The average molecular weight is 278 g/mol. The zero-order valence-electron chi connectivity index (χ0n) is 13.7. The average Bonchev–Trinajstić information content (AvgIpc) is 2.94. The maximum atomic E-state index is 12.6. The number of ether oxygens (including phenoxy) is 1. The molecule has 0 radical (unpaired) electrons. The number of hydrogen-bond donors (Lipinski definition) is 0. The summed E-state index contributed by atoms with van der Waals surface area (Å²) in [6.07, 6.45) is 0. The van der Waals surface area contributed by atoms with Crippen molar-refractivity contribution in [1.29, 1.82) is 0 Å². The van der Waals surface area contributed by atoms with Crippen LogP contribution in [0.15, 0.2) is 12.2 Å². The van der Waals surface area contributed by atoms with Crippen LogP contribution in [-0.4, -0.2) is 17.4 Å². The van der Waals surface area contributed by atoms with Gasteiger partial charge in [0.1, 0.15) is 5.60 Å². The zero-order valence-corrected chi connectivity index (χ0v) is 13.7. The van der Waals surface area contributed by atoms with Gasteiger partial charge < -0.3 is 4.74 Å². The molecule has 2 rings (SSSR count). The largest absolute Gasteiger partial charge is 0.459 e. The van der Waals surface area contributed by atoms with Crippen LogP contribution in [0, 0.1) is 28.6 Å². The number of carbonyl (C=O) groups is 2. The fourth-order valence-corrected chi connectivity index (χ4v) is 3.73. The lowest BCUT2D eigenvalue weighted by molar-refractivity contribution is -0.165. The van der Waals surface area contributed by atoms with Crippen molar-refractivity contribution in [3.8, 4) is 0 Å². The molecule has 0 bridgehead atoms. The highest BCUT2D eigenvalue weighted by Gasteiger charge is 2.75. The lowest BCUT2D eigenvalue weighted by Gasteiger charge is -2.33. The number of Topliss-reactive ketones (excluding diaryl/α,β-unsaturated/α-hetero) is 1. The summed E-state index contributed by atoms with van der Waals surface area (Å²) in [6.45, 7) is 17.6. The highest BCUT2D eigenvalue weighted by atomic mass is 16.6. The van der Waals surface area contributed by atoms with Gasteiger partial charge in [-0.3, -0.25) is 9.59 Å². The lowest BCUT2D eigenvalue weighted by Crippen LogP contribution is -2.39. The van der Waals surface area contributed by atoms with Crippen molar-refractivity contribution in [3.63, 3.8) is 0 Å². The number of hydrogen-bond acceptors (Lipinski definition) is 3. The molecule has 2 aliphatic rings. The van der Waals surface area contributed by atoms with E-state index in [2.05, 4.69) is 27.4 Å². The maximum absolute atomic E-state index is 12.6. The first kappa shape index (κ1) is 15.3. The second kappa shape index (κ2) is 3.96. The monoisotopic (exact) mass is 278 g/mol. The predicted molar refractivity (Wildman–Crippen MR) is 78.0 cm³/mol. The van der Waals surface area contributed by atoms with E-state index in [0.717, 1.165) is 0 Å². The normalized spacial score (nSPS) is 36.9. The van der Waals surface area contributed by atoms with Gasteiger partial charge in [-0.2, -0.15) is 0 Å². The van der Waals surface area contributed by atoms with Crippen LogP contribution in [-0.2, 0) is 14.3 Å². The minimum atomic E-state index is -0.854. The molecule has 20 heavy (non-hydrogen) atoms.